The van der Waals surface area contributed by atoms with Gasteiger partial charge in [-0.3, -0.25) is 28.8 Å². The Kier molecular flexibility index (Phi) is 14.6. The van der Waals surface area contributed by atoms with Crippen molar-refractivity contribution in [1.82, 2.24) is 10.6 Å². The van der Waals surface area contributed by atoms with Gasteiger partial charge in [0.15, 0.2) is 11.6 Å². The summed E-state index contributed by atoms with van der Waals surface area (Å²) in [4.78, 5) is 78.0. The number of hydrogen-bond acceptors (Lipinski definition) is 8. The summed E-state index contributed by atoms with van der Waals surface area (Å²) in [6.07, 6.45) is 10.1. The number of carbonyl (C=O) groups excluding carboxylic acids is 6. The molecule has 54 heavy (non-hydrogen) atoms. The third kappa shape index (κ3) is 10.4. The molecule has 2 N–H and O–H groups in total. The summed E-state index contributed by atoms with van der Waals surface area (Å²) in [5.41, 5.74) is 4.20. The Morgan fingerprint density at radius 3 is 1.30 bits per heavy atom. The molecular formula is C44H48N2O8. The lowest BCUT2D eigenvalue weighted by Crippen LogP contribution is -2.31. The molecule has 2 unspecified atom stereocenters. The molecule has 0 spiro atoms. The van der Waals surface area contributed by atoms with Gasteiger partial charge in [-0.25, -0.2) is 0 Å². The maximum absolute atomic E-state index is 14.0. The van der Waals surface area contributed by atoms with Crippen molar-refractivity contribution in [2.45, 2.75) is 40.5 Å². The molecule has 2 amide bonds. The summed E-state index contributed by atoms with van der Waals surface area (Å²) < 4.78 is 11.1. The lowest BCUT2D eigenvalue weighted by Gasteiger charge is -2.26. The normalized spacial score (nSPS) is 16.1. The molecule has 0 radical (unpaired) electrons. The molecule has 2 aliphatic carbocycles. The third-order valence-corrected chi connectivity index (χ3v) is 8.95. The van der Waals surface area contributed by atoms with Gasteiger partial charge in [-0.15, -0.1) is 0 Å². The zero-order chi connectivity index (χ0) is 39.4. The second-order valence-corrected chi connectivity index (χ2v) is 13.9. The number of rotatable bonds is 17. The number of fused-ring (bicyclic) bond motifs is 2. The van der Waals surface area contributed by atoms with Crippen LogP contribution in [0.2, 0.25) is 0 Å². The fraction of sp³-hybridized carbons (Fsp3) is 0.318. The van der Waals surface area contributed by atoms with Crippen LogP contribution in [0.5, 0.6) is 0 Å². The predicted octanol–water partition coefficient (Wildman–Crippen LogP) is 6.41. The molecule has 2 aromatic carbocycles. The Bertz CT molecular complexity index is 1800. The quantitative estimate of drug-likeness (QED) is 0.108. The van der Waals surface area contributed by atoms with E-state index in [1.54, 1.807) is 36.4 Å². The fourth-order valence-corrected chi connectivity index (χ4v) is 6.41. The van der Waals surface area contributed by atoms with Crippen LogP contribution >= 0.6 is 0 Å². The molecule has 10 heteroatoms. The van der Waals surface area contributed by atoms with Crippen LogP contribution in [0.4, 0.5) is 0 Å². The lowest BCUT2D eigenvalue weighted by atomic mass is 9.78. The molecule has 2 aromatic rings. The number of benzene rings is 2. The molecule has 4 rings (SSSR count). The van der Waals surface area contributed by atoms with E-state index in [4.69, 9.17) is 9.47 Å². The van der Waals surface area contributed by atoms with Gasteiger partial charge in [0.25, 0.3) is 0 Å². The van der Waals surface area contributed by atoms with Crippen LogP contribution < -0.4 is 10.6 Å². The Morgan fingerprint density at radius 1 is 0.611 bits per heavy atom. The minimum absolute atomic E-state index is 0.0552. The van der Waals surface area contributed by atoms with Crippen molar-refractivity contribution in [1.29, 1.82) is 0 Å². The van der Waals surface area contributed by atoms with Crippen LogP contribution in [-0.2, 0) is 28.7 Å². The van der Waals surface area contributed by atoms with Gasteiger partial charge in [0, 0.05) is 22.3 Å². The van der Waals surface area contributed by atoms with Crippen LogP contribution in [0.15, 0.2) is 109 Å². The van der Waals surface area contributed by atoms with E-state index < -0.39 is 23.8 Å². The fourth-order valence-electron chi connectivity index (χ4n) is 6.41. The summed E-state index contributed by atoms with van der Waals surface area (Å²) >= 11 is 0. The topological polar surface area (TPSA) is 145 Å². The molecule has 0 saturated carbocycles. The summed E-state index contributed by atoms with van der Waals surface area (Å²) in [7, 11) is 0. The molecule has 2 aliphatic rings. The Morgan fingerprint density at radius 2 is 0.963 bits per heavy atom. The first-order valence-electron chi connectivity index (χ1n) is 18.1. The lowest BCUT2D eigenvalue weighted by molar-refractivity contribution is -0.148. The van der Waals surface area contributed by atoms with E-state index in [-0.39, 0.29) is 61.5 Å². The number of allylic oxidation sites excluding steroid dienone is 6. The van der Waals surface area contributed by atoms with Crippen LogP contribution in [0.25, 0.3) is 11.1 Å². The van der Waals surface area contributed by atoms with E-state index in [1.807, 2.05) is 64.1 Å². The molecule has 0 aromatic heterocycles. The van der Waals surface area contributed by atoms with Crippen molar-refractivity contribution in [3.05, 3.63) is 132 Å². The Labute approximate surface area is 316 Å². The first-order chi connectivity index (χ1) is 25.9. The van der Waals surface area contributed by atoms with Crippen LogP contribution in [0.3, 0.4) is 0 Å². The maximum atomic E-state index is 14.0. The highest BCUT2D eigenvalue weighted by Crippen LogP contribution is 2.38. The molecular weight excluding hydrogens is 684 g/mol. The van der Waals surface area contributed by atoms with Gasteiger partial charge < -0.3 is 20.1 Å². The van der Waals surface area contributed by atoms with Gasteiger partial charge in [0.05, 0.1) is 24.9 Å². The number of ketones is 2. The minimum atomic E-state index is -0.857. The van der Waals surface area contributed by atoms with Crippen molar-refractivity contribution < 1.29 is 38.2 Å². The second kappa shape index (κ2) is 19.3. The number of carbonyl (C=O) groups is 6. The van der Waals surface area contributed by atoms with E-state index in [0.29, 0.717) is 57.4 Å². The molecule has 282 valence electrons. The van der Waals surface area contributed by atoms with Gasteiger partial charge >= 0.3 is 11.9 Å². The Hall–Kier alpha value is -5.90. The molecule has 10 nitrogen and oxygen atoms in total. The van der Waals surface area contributed by atoms with Crippen molar-refractivity contribution in [3.63, 3.8) is 0 Å². The molecule has 0 aliphatic heterocycles. The SMILES string of the molecule is C=CC(=O)NCCOC(=O)C(CC(C)C)C1=C/C(=C\C=C2/C=C(C(CC(C)C)C(=O)OCCNC(=O)C=C)C(=O)c3ccccc32)c2ccccc2C1=O. The first kappa shape index (κ1) is 40.9. The van der Waals surface area contributed by atoms with Gasteiger partial charge in [-0.1, -0.05) is 102 Å². The molecule has 0 bridgehead atoms. The van der Waals surface area contributed by atoms with E-state index in [1.165, 1.54) is 0 Å². The van der Waals surface area contributed by atoms with E-state index in [2.05, 4.69) is 23.8 Å². The van der Waals surface area contributed by atoms with Crippen molar-refractivity contribution >= 4 is 46.5 Å². The minimum Gasteiger partial charge on any atom is -0.463 e. The maximum Gasteiger partial charge on any atom is 0.313 e. The monoisotopic (exact) mass is 732 g/mol. The zero-order valence-electron chi connectivity index (χ0n) is 31.3. The number of ether oxygens (including phenoxy) is 2. The average Bonchev–Trinajstić information content (AvgIpc) is 3.16. The highest BCUT2D eigenvalue weighted by atomic mass is 16.5. The average molecular weight is 733 g/mol. The van der Waals surface area contributed by atoms with Crippen LogP contribution in [0.1, 0.15) is 72.4 Å². The van der Waals surface area contributed by atoms with Crippen molar-refractivity contribution in [2.24, 2.45) is 23.7 Å². The third-order valence-electron chi connectivity index (χ3n) is 8.95. The standard InChI is InChI=1S/C44H48N2O8/c1-7-39(47)45-19-21-53-43(51)37(23-27(3)4)35-25-29(31-13-9-11-15-33(31)41(35)49)17-18-30-26-36(42(50)34-16-12-10-14-32(30)34)38(24-28(5)6)44(52)54-22-20-46-40(48)8-2/h7-18,25-28,37-38H,1-2,19-24H2,3-6H3,(H,45,47)(H,46,48)/b29-17+,30-18+. The van der Waals surface area contributed by atoms with Crippen molar-refractivity contribution in [2.75, 3.05) is 26.3 Å². The molecule has 0 saturated heterocycles. The zero-order valence-corrected chi connectivity index (χ0v) is 31.3. The number of esters is 2. The van der Waals surface area contributed by atoms with E-state index in [0.717, 1.165) is 12.2 Å². The predicted molar refractivity (Wildman–Crippen MR) is 208 cm³/mol. The largest absolute Gasteiger partial charge is 0.463 e. The number of amides is 2. The smallest absolute Gasteiger partial charge is 0.313 e. The molecule has 2 atom stereocenters. The van der Waals surface area contributed by atoms with Gasteiger partial charge in [-0.2, -0.15) is 0 Å². The Balaban J connectivity index is 1.77. The van der Waals surface area contributed by atoms with E-state index in [9.17, 15) is 28.8 Å². The first-order valence-corrected chi connectivity index (χ1v) is 18.1. The van der Waals surface area contributed by atoms with Gasteiger partial charge in [0.2, 0.25) is 11.8 Å². The molecule has 0 fully saturated rings. The highest BCUT2D eigenvalue weighted by molar-refractivity contribution is 6.19. The number of Topliss-reactive ketones (excluding diaryl/α,β-unsaturated/α-hetero) is 2. The summed E-state index contributed by atoms with van der Waals surface area (Å²) in [6.45, 7) is 14.7. The summed E-state index contributed by atoms with van der Waals surface area (Å²) in [6, 6.07) is 14.4. The van der Waals surface area contributed by atoms with Gasteiger partial charge in [0.1, 0.15) is 13.2 Å². The number of hydrogen-bond donors (Lipinski definition) is 2. The summed E-state index contributed by atoms with van der Waals surface area (Å²) in [5.74, 6) is -4.04. The van der Waals surface area contributed by atoms with Crippen LogP contribution in [0, 0.1) is 23.7 Å². The van der Waals surface area contributed by atoms with Crippen LogP contribution in [-0.4, -0.2) is 61.6 Å². The summed E-state index contributed by atoms with van der Waals surface area (Å²) in [5, 5.41) is 5.15. The van der Waals surface area contributed by atoms with E-state index >= 15 is 0 Å². The highest BCUT2D eigenvalue weighted by Gasteiger charge is 2.36. The molecule has 0 heterocycles. The second-order valence-electron chi connectivity index (χ2n) is 13.9. The number of nitrogens with one attached hydrogen (secondary N) is 2. The van der Waals surface area contributed by atoms with Gasteiger partial charge in [-0.05, 0) is 71.3 Å². The van der Waals surface area contributed by atoms with Crippen molar-refractivity contribution in [3.8, 4) is 0 Å².